The molecule has 0 spiro atoms. The van der Waals surface area contributed by atoms with Crippen LogP contribution >= 0.6 is 11.8 Å². The maximum Gasteiger partial charge on any atom is 0.255 e. The first-order valence-corrected chi connectivity index (χ1v) is 10.5. The van der Waals surface area contributed by atoms with E-state index < -0.39 is 0 Å². The number of carbonyl (C=O) groups is 2. The van der Waals surface area contributed by atoms with E-state index in [1.807, 2.05) is 61.5 Å². The van der Waals surface area contributed by atoms with Gasteiger partial charge in [-0.3, -0.25) is 14.6 Å². The fraction of sp³-hybridized carbons (Fsp3) is 0.174. The quantitative estimate of drug-likeness (QED) is 0.523. The van der Waals surface area contributed by atoms with Crippen LogP contribution in [0.5, 0.6) is 0 Å². The third-order valence-corrected chi connectivity index (χ3v) is 5.33. The largest absolute Gasteiger partial charge is 0.326 e. The number of thioether (sulfide) groups is 1. The zero-order valence-corrected chi connectivity index (χ0v) is 17.0. The molecule has 0 aliphatic heterocycles. The Bertz CT molecular complexity index is 962. The minimum absolute atomic E-state index is 0.0480. The molecule has 0 saturated carbocycles. The molecule has 3 aromatic rings. The van der Waals surface area contributed by atoms with E-state index in [0.29, 0.717) is 29.1 Å². The van der Waals surface area contributed by atoms with Crippen LogP contribution in [-0.2, 0) is 10.5 Å². The van der Waals surface area contributed by atoms with Gasteiger partial charge in [0.25, 0.3) is 5.91 Å². The molecule has 6 heteroatoms. The monoisotopic (exact) mass is 405 g/mol. The number of rotatable bonds is 8. The summed E-state index contributed by atoms with van der Waals surface area (Å²) in [5.74, 6) is 1.27. The predicted octanol–water partition coefficient (Wildman–Crippen LogP) is 4.90. The summed E-state index contributed by atoms with van der Waals surface area (Å²) < 4.78 is 0. The Morgan fingerprint density at radius 2 is 1.62 bits per heavy atom. The van der Waals surface area contributed by atoms with Crippen LogP contribution in [0.15, 0.2) is 72.9 Å². The summed E-state index contributed by atoms with van der Waals surface area (Å²) in [4.78, 5) is 29.0. The summed E-state index contributed by atoms with van der Waals surface area (Å²) >= 11 is 1.68. The van der Waals surface area contributed by atoms with E-state index in [0.717, 1.165) is 17.0 Å². The number of nitrogens with one attached hydrogen (secondary N) is 2. The number of hydrogen-bond acceptors (Lipinski definition) is 4. The number of amides is 2. The zero-order chi connectivity index (χ0) is 20.5. The van der Waals surface area contributed by atoms with Crippen molar-refractivity contribution < 1.29 is 9.59 Å². The van der Waals surface area contributed by atoms with Crippen molar-refractivity contribution >= 4 is 35.0 Å². The van der Waals surface area contributed by atoms with Gasteiger partial charge in [-0.2, -0.15) is 11.8 Å². The molecular weight excluding hydrogens is 382 g/mol. The Kier molecular flexibility index (Phi) is 7.41. The van der Waals surface area contributed by atoms with Crippen LogP contribution in [-0.4, -0.2) is 22.6 Å². The Hall–Kier alpha value is -3.12. The summed E-state index contributed by atoms with van der Waals surface area (Å²) in [6.07, 6.45) is 2.19. The van der Waals surface area contributed by atoms with Crippen molar-refractivity contribution in [1.29, 1.82) is 0 Å². The Balaban J connectivity index is 1.52. The van der Waals surface area contributed by atoms with Crippen molar-refractivity contribution in [2.24, 2.45) is 0 Å². The van der Waals surface area contributed by atoms with Gasteiger partial charge >= 0.3 is 0 Å². The highest BCUT2D eigenvalue weighted by Gasteiger charge is 2.11. The molecular formula is C23H23N3O2S. The highest BCUT2D eigenvalue weighted by Crippen LogP contribution is 2.24. The lowest BCUT2D eigenvalue weighted by atomic mass is 10.1. The van der Waals surface area contributed by atoms with Crippen LogP contribution in [0.25, 0.3) is 0 Å². The van der Waals surface area contributed by atoms with Crippen LogP contribution < -0.4 is 10.6 Å². The second kappa shape index (κ2) is 10.4. The molecule has 0 bridgehead atoms. The molecule has 0 aliphatic rings. The molecule has 0 saturated heterocycles. The molecule has 5 nitrogen and oxygen atoms in total. The van der Waals surface area contributed by atoms with Gasteiger partial charge in [0.15, 0.2) is 0 Å². The first kappa shape index (κ1) is 20.6. The minimum atomic E-state index is -0.178. The molecule has 1 heterocycles. The van der Waals surface area contributed by atoms with Crippen molar-refractivity contribution in [2.45, 2.75) is 19.1 Å². The Morgan fingerprint density at radius 3 is 2.34 bits per heavy atom. The SMILES string of the molecule is Cc1c(NC(=O)CCSCc2ccccn2)cccc1NC(=O)c1ccccc1. The Labute approximate surface area is 175 Å². The summed E-state index contributed by atoms with van der Waals surface area (Å²) in [5, 5.41) is 5.85. The number of anilines is 2. The Morgan fingerprint density at radius 1 is 0.897 bits per heavy atom. The van der Waals surface area contributed by atoms with E-state index in [1.54, 1.807) is 30.1 Å². The highest BCUT2D eigenvalue weighted by atomic mass is 32.2. The van der Waals surface area contributed by atoms with Crippen LogP contribution in [0.4, 0.5) is 11.4 Å². The number of pyridine rings is 1. The van der Waals surface area contributed by atoms with E-state index in [1.165, 1.54) is 0 Å². The van der Waals surface area contributed by atoms with E-state index in [2.05, 4.69) is 15.6 Å². The maximum absolute atomic E-state index is 12.4. The molecule has 0 radical (unpaired) electrons. The number of carbonyl (C=O) groups excluding carboxylic acids is 2. The highest BCUT2D eigenvalue weighted by molar-refractivity contribution is 7.98. The molecule has 0 unspecified atom stereocenters. The van der Waals surface area contributed by atoms with E-state index in [4.69, 9.17) is 0 Å². The lowest BCUT2D eigenvalue weighted by Gasteiger charge is -2.13. The van der Waals surface area contributed by atoms with Gasteiger partial charge in [0, 0.05) is 41.1 Å². The summed E-state index contributed by atoms with van der Waals surface area (Å²) in [6.45, 7) is 1.88. The number of aromatic nitrogens is 1. The van der Waals surface area contributed by atoms with E-state index in [9.17, 15) is 9.59 Å². The summed E-state index contributed by atoms with van der Waals surface area (Å²) in [5.41, 5.74) is 3.81. The maximum atomic E-state index is 12.4. The third-order valence-electron chi connectivity index (χ3n) is 4.34. The molecule has 3 rings (SSSR count). The second-order valence-electron chi connectivity index (χ2n) is 6.47. The summed E-state index contributed by atoms with van der Waals surface area (Å²) in [6, 6.07) is 20.4. The van der Waals surface area contributed by atoms with Crippen LogP contribution in [0, 0.1) is 6.92 Å². The molecule has 2 N–H and O–H groups in total. The number of benzene rings is 2. The van der Waals surface area contributed by atoms with E-state index in [-0.39, 0.29) is 11.8 Å². The number of nitrogens with zero attached hydrogens (tertiary/aromatic N) is 1. The fourth-order valence-electron chi connectivity index (χ4n) is 2.73. The summed E-state index contributed by atoms with van der Waals surface area (Å²) in [7, 11) is 0. The van der Waals surface area contributed by atoms with Gasteiger partial charge in [-0.25, -0.2) is 0 Å². The molecule has 1 aromatic heterocycles. The van der Waals surface area contributed by atoms with Crippen molar-refractivity contribution in [3.05, 3.63) is 89.7 Å². The predicted molar refractivity (Wildman–Crippen MR) is 119 cm³/mol. The molecule has 29 heavy (non-hydrogen) atoms. The van der Waals surface area contributed by atoms with Gasteiger partial charge in [0.1, 0.15) is 0 Å². The van der Waals surface area contributed by atoms with Gasteiger partial charge in [-0.1, -0.05) is 30.3 Å². The van der Waals surface area contributed by atoms with Gasteiger partial charge in [-0.05, 0) is 48.9 Å². The topological polar surface area (TPSA) is 71.1 Å². The van der Waals surface area contributed by atoms with Crippen LogP contribution in [0.2, 0.25) is 0 Å². The minimum Gasteiger partial charge on any atom is -0.326 e. The van der Waals surface area contributed by atoms with Crippen molar-refractivity contribution in [3.8, 4) is 0 Å². The second-order valence-corrected chi connectivity index (χ2v) is 7.58. The van der Waals surface area contributed by atoms with Crippen molar-refractivity contribution in [1.82, 2.24) is 4.98 Å². The molecule has 2 amide bonds. The normalized spacial score (nSPS) is 10.4. The zero-order valence-electron chi connectivity index (χ0n) is 16.2. The molecule has 2 aromatic carbocycles. The smallest absolute Gasteiger partial charge is 0.255 e. The lowest BCUT2D eigenvalue weighted by Crippen LogP contribution is -2.16. The fourth-order valence-corrected chi connectivity index (χ4v) is 3.58. The van der Waals surface area contributed by atoms with Crippen molar-refractivity contribution in [3.63, 3.8) is 0 Å². The van der Waals surface area contributed by atoms with Crippen LogP contribution in [0.1, 0.15) is 28.0 Å². The first-order chi connectivity index (χ1) is 14.1. The number of hydrogen-bond donors (Lipinski definition) is 2. The van der Waals surface area contributed by atoms with Crippen molar-refractivity contribution in [2.75, 3.05) is 16.4 Å². The van der Waals surface area contributed by atoms with E-state index >= 15 is 0 Å². The molecule has 0 aliphatic carbocycles. The van der Waals surface area contributed by atoms with Crippen LogP contribution in [0.3, 0.4) is 0 Å². The van der Waals surface area contributed by atoms with Gasteiger partial charge < -0.3 is 10.6 Å². The first-order valence-electron chi connectivity index (χ1n) is 9.37. The molecule has 0 atom stereocenters. The average molecular weight is 406 g/mol. The molecule has 0 fully saturated rings. The van der Waals surface area contributed by atoms with Gasteiger partial charge in [0.2, 0.25) is 5.91 Å². The standard InChI is InChI=1S/C23H23N3O2S/c1-17-20(25-22(27)13-15-29-16-19-10-5-6-14-24-19)11-7-12-21(17)26-23(28)18-8-3-2-4-9-18/h2-12,14H,13,15-16H2,1H3,(H,25,27)(H,26,28). The average Bonchev–Trinajstić information content (AvgIpc) is 2.75. The third kappa shape index (κ3) is 6.19. The lowest BCUT2D eigenvalue weighted by molar-refractivity contribution is -0.115. The molecule has 148 valence electrons. The van der Waals surface area contributed by atoms with Gasteiger partial charge in [0.05, 0.1) is 5.69 Å². The van der Waals surface area contributed by atoms with Gasteiger partial charge in [-0.15, -0.1) is 0 Å².